The lowest BCUT2D eigenvalue weighted by atomic mass is 10.0. The van der Waals surface area contributed by atoms with Crippen molar-refractivity contribution in [2.45, 2.75) is 12.8 Å². The summed E-state index contributed by atoms with van der Waals surface area (Å²) in [5.41, 5.74) is 1.79. The van der Waals surface area contributed by atoms with Gasteiger partial charge in [-0.1, -0.05) is 37.3 Å². The van der Waals surface area contributed by atoms with Gasteiger partial charge in [-0.05, 0) is 45.6 Å². The van der Waals surface area contributed by atoms with Gasteiger partial charge < -0.3 is 10.1 Å². The van der Waals surface area contributed by atoms with Crippen LogP contribution in [0.3, 0.4) is 0 Å². The molecule has 2 rings (SSSR count). The fourth-order valence-electron chi connectivity index (χ4n) is 2.05. The summed E-state index contributed by atoms with van der Waals surface area (Å²) in [6.07, 6.45) is 0. The zero-order valence-corrected chi connectivity index (χ0v) is 13.7. The van der Waals surface area contributed by atoms with E-state index in [1.165, 1.54) is 5.56 Å². The molecular formula is C17H18BrNO2. The first kappa shape index (κ1) is 15.6. The Morgan fingerprint density at radius 3 is 2.62 bits per heavy atom. The lowest BCUT2D eigenvalue weighted by Gasteiger charge is -2.14. The normalized spacial score (nSPS) is 11.8. The fourth-order valence-corrected chi connectivity index (χ4v) is 2.47. The minimum absolute atomic E-state index is 0.108. The van der Waals surface area contributed by atoms with Crippen LogP contribution in [-0.2, 0) is 0 Å². The summed E-state index contributed by atoms with van der Waals surface area (Å²) in [5, 5.41) is 2.96. The number of methoxy groups -OCH3 is 1. The molecule has 21 heavy (non-hydrogen) atoms. The number of nitrogens with one attached hydrogen (secondary N) is 1. The molecule has 0 spiro atoms. The van der Waals surface area contributed by atoms with E-state index in [1.54, 1.807) is 13.2 Å². The Bertz CT molecular complexity index is 613. The average molecular weight is 348 g/mol. The molecule has 4 heteroatoms. The number of amides is 1. The first-order chi connectivity index (χ1) is 10.1. The number of carbonyl (C=O) groups excluding carboxylic acids is 1. The predicted octanol–water partition coefficient (Wildman–Crippen LogP) is 3.99. The summed E-state index contributed by atoms with van der Waals surface area (Å²) in [6.45, 7) is 2.68. The van der Waals surface area contributed by atoms with E-state index >= 15 is 0 Å². The van der Waals surface area contributed by atoms with Crippen molar-refractivity contribution in [3.05, 3.63) is 64.1 Å². The number of benzene rings is 2. The van der Waals surface area contributed by atoms with Gasteiger partial charge in [-0.2, -0.15) is 0 Å². The Morgan fingerprint density at radius 2 is 1.95 bits per heavy atom. The summed E-state index contributed by atoms with van der Waals surface area (Å²) in [6, 6.07) is 15.5. The third kappa shape index (κ3) is 4.08. The smallest absolute Gasteiger partial charge is 0.252 e. The number of hydrogen-bond acceptors (Lipinski definition) is 2. The van der Waals surface area contributed by atoms with Gasteiger partial charge >= 0.3 is 0 Å². The van der Waals surface area contributed by atoms with Crippen molar-refractivity contribution in [1.82, 2.24) is 5.32 Å². The van der Waals surface area contributed by atoms with Crippen LogP contribution >= 0.6 is 15.9 Å². The van der Waals surface area contributed by atoms with Crippen molar-refractivity contribution in [1.29, 1.82) is 0 Å². The molecule has 0 saturated carbocycles. The van der Waals surface area contributed by atoms with Crippen molar-refractivity contribution in [2.24, 2.45) is 0 Å². The Morgan fingerprint density at radius 1 is 1.24 bits per heavy atom. The highest BCUT2D eigenvalue weighted by Gasteiger charge is 2.13. The molecule has 0 fully saturated rings. The van der Waals surface area contributed by atoms with Gasteiger partial charge in [0.2, 0.25) is 0 Å². The van der Waals surface area contributed by atoms with Gasteiger partial charge in [0.1, 0.15) is 5.75 Å². The highest BCUT2D eigenvalue weighted by atomic mass is 79.9. The van der Waals surface area contributed by atoms with E-state index in [0.29, 0.717) is 17.9 Å². The predicted molar refractivity (Wildman–Crippen MR) is 87.9 cm³/mol. The first-order valence-electron chi connectivity index (χ1n) is 6.78. The number of halogens is 1. The highest BCUT2D eigenvalue weighted by Crippen LogP contribution is 2.22. The van der Waals surface area contributed by atoms with E-state index in [4.69, 9.17) is 4.74 Å². The van der Waals surface area contributed by atoms with Crippen LogP contribution in [0.4, 0.5) is 0 Å². The zero-order chi connectivity index (χ0) is 15.2. The summed E-state index contributed by atoms with van der Waals surface area (Å²) in [7, 11) is 1.59. The number of carbonyl (C=O) groups is 1. The number of hydrogen-bond donors (Lipinski definition) is 1. The monoisotopic (exact) mass is 347 g/mol. The van der Waals surface area contributed by atoms with Crippen LogP contribution in [0, 0.1) is 0 Å². The molecule has 110 valence electrons. The molecule has 0 heterocycles. The second-order valence-electron chi connectivity index (χ2n) is 4.87. The maximum absolute atomic E-state index is 12.3. The third-order valence-corrected chi connectivity index (χ3v) is 4.05. The van der Waals surface area contributed by atoms with Gasteiger partial charge in [0.05, 0.1) is 12.7 Å². The van der Waals surface area contributed by atoms with Crippen LogP contribution in [0.25, 0.3) is 0 Å². The van der Waals surface area contributed by atoms with E-state index in [-0.39, 0.29) is 11.8 Å². The molecular weight excluding hydrogens is 330 g/mol. The molecule has 3 nitrogen and oxygen atoms in total. The molecule has 0 aliphatic rings. The van der Waals surface area contributed by atoms with E-state index in [2.05, 4.69) is 40.3 Å². The Labute approximate surface area is 133 Å². The van der Waals surface area contributed by atoms with E-state index in [1.807, 2.05) is 30.3 Å². The van der Waals surface area contributed by atoms with Crippen LogP contribution < -0.4 is 10.1 Å². The maximum atomic E-state index is 12.3. The van der Waals surface area contributed by atoms with E-state index < -0.39 is 0 Å². The molecule has 0 saturated heterocycles. The molecule has 0 aromatic heterocycles. The maximum Gasteiger partial charge on any atom is 0.252 e. The molecule has 1 unspecified atom stereocenters. The SMILES string of the molecule is COc1ccc(Br)c(C(=O)NCC(C)c2ccccc2)c1. The number of ether oxygens (including phenoxy) is 1. The second kappa shape index (κ2) is 7.27. The molecule has 0 bridgehead atoms. The summed E-state index contributed by atoms with van der Waals surface area (Å²) < 4.78 is 5.91. The quantitative estimate of drug-likeness (QED) is 0.887. The summed E-state index contributed by atoms with van der Waals surface area (Å²) >= 11 is 3.40. The average Bonchev–Trinajstić information content (AvgIpc) is 2.53. The lowest BCUT2D eigenvalue weighted by molar-refractivity contribution is 0.0950. The highest BCUT2D eigenvalue weighted by molar-refractivity contribution is 9.10. The van der Waals surface area contributed by atoms with Crippen LogP contribution in [0.1, 0.15) is 28.8 Å². The van der Waals surface area contributed by atoms with Crippen molar-refractivity contribution in [3.8, 4) is 5.75 Å². The van der Waals surface area contributed by atoms with Gasteiger partial charge in [0.15, 0.2) is 0 Å². The molecule has 1 atom stereocenters. The van der Waals surface area contributed by atoms with Gasteiger partial charge in [-0.3, -0.25) is 4.79 Å². The van der Waals surface area contributed by atoms with Crippen molar-refractivity contribution in [3.63, 3.8) is 0 Å². The van der Waals surface area contributed by atoms with Gasteiger partial charge in [-0.25, -0.2) is 0 Å². The van der Waals surface area contributed by atoms with E-state index in [9.17, 15) is 4.79 Å². The van der Waals surface area contributed by atoms with Gasteiger partial charge in [0, 0.05) is 11.0 Å². The van der Waals surface area contributed by atoms with Crippen LogP contribution in [0.15, 0.2) is 53.0 Å². The van der Waals surface area contributed by atoms with Crippen molar-refractivity contribution >= 4 is 21.8 Å². The molecule has 2 aromatic rings. The topological polar surface area (TPSA) is 38.3 Å². The van der Waals surface area contributed by atoms with Gasteiger partial charge in [-0.15, -0.1) is 0 Å². The van der Waals surface area contributed by atoms with E-state index in [0.717, 1.165) is 4.47 Å². The fraction of sp³-hybridized carbons (Fsp3) is 0.235. The molecule has 0 radical (unpaired) electrons. The van der Waals surface area contributed by atoms with Crippen molar-refractivity contribution < 1.29 is 9.53 Å². The molecule has 0 aliphatic carbocycles. The molecule has 1 N–H and O–H groups in total. The Balaban J connectivity index is 2.02. The standard InChI is InChI=1S/C17H18BrNO2/c1-12(13-6-4-3-5-7-13)11-19-17(20)15-10-14(21-2)8-9-16(15)18/h3-10,12H,11H2,1-2H3,(H,19,20). The van der Waals surface area contributed by atoms with Crippen molar-refractivity contribution in [2.75, 3.05) is 13.7 Å². The molecule has 0 aliphatic heterocycles. The minimum Gasteiger partial charge on any atom is -0.497 e. The number of rotatable bonds is 5. The molecule has 2 aromatic carbocycles. The lowest BCUT2D eigenvalue weighted by Crippen LogP contribution is -2.27. The second-order valence-corrected chi connectivity index (χ2v) is 5.72. The minimum atomic E-state index is -0.108. The van der Waals surface area contributed by atoms with Crippen LogP contribution in [0.5, 0.6) is 5.75 Å². The van der Waals surface area contributed by atoms with Crippen LogP contribution in [0.2, 0.25) is 0 Å². The Hall–Kier alpha value is -1.81. The zero-order valence-electron chi connectivity index (χ0n) is 12.1. The Kier molecular flexibility index (Phi) is 5.39. The summed E-state index contributed by atoms with van der Waals surface area (Å²) in [5.74, 6) is 0.822. The molecule has 1 amide bonds. The van der Waals surface area contributed by atoms with Gasteiger partial charge in [0.25, 0.3) is 5.91 Å². The van der Waals surface area contributed by atoms with Crippen LogP contribution in [-0.4, -0.2) is 19.6 Å². The largest absolute Gasteiger partial charge is 0.497 e. The first-order valence-corrected chi connectivity index (χ1v) is 7.58. The third-order valence-electron chi connectivity index (χ3n) is 3.36. The summed E-state index contributed by atoms with van der Waals surface area (Å²) in [4.78, 5) is 12.3.